The summed E-state index contributed by atoms with van der Waals surface area (Å²) in [6.07, 6.45) is 4.07. The number of aromatic nitrogens is 3. The van der Waals surface area contributed by atoms with E-state index in [1.165, 1.54) is 4.57 Å². The van der Waals surface area contributed by atoms with Crippen LogP contribution in [-0.4, -0.2) is 59.4 Å². The van der Waals surface area contributed by atoms with Gasteiger partial charge in [-0.3, -0.25) is 9.56 Å². The van der Waals surface area contributed by atoms with Gasteiger partial charge in [-0.1, -0.05) is 32.0 Å². The van der Waals surface area contributed by atoms with Gasteiger partial charge < -0.3 is 26.5 Å². The standard InChI is InChI=1S/C33H41F2N7O2/c1-20-12-21(8-10-33(2,3)19-36)13-26(30(20)35)27-14-23-16-42(32(43)41-31(23)40-27)25-6-4-22(5-7-25)28-18-44-17-24(39-28)9-11-38-29(37)15-34/h4-7,12-14,16,24,28,39H,8-11,15,17-19,36H2,1-3H3,(H2,37,38)(H,40,41,43)/t24-,28+/m1/s1. The van der Waals surface area contributed by atoms with E-state index in [1.807, 2.05) is 42.5 Å². The SMILES string of the molecule is Cc1cc(CCC(C)(C)CN)cc(-c2cc3cn(-c4ccc([C@@H]5COC[C@@H](CCN=C(N)CF)N5)cc4)c(=O)nc3[nH]2)c1F. The molecule has 0 aliphatic carbocycles. The molecule has 1 saturated heterocycles. The number of nitrogens with one attached hydrogen (secondary N) is 2. The van der Waals surface area contributed by atoms with Crippen molar-refractivity contribution in [3.63, 3.8) is 0 Å². The molecule has 1 aliphatic rings. The summed E-state index contributed by atoms with van der Waals surface area (Å²) in [6.45, 7) is 7.32. The second kappa shape index (κ2) is 13.4. The first-order chi connectivity index (χ1) is 21.1. The van der Waals surface area contributed by atoms with Gasteiger partial charge in [0.25, 0.3) is 0 Å². The molecule has 2 atom stereocenters. The average molecular weight is 606 g/mol. The number of ether oxygens (including phenoxy) is 1. The molecule has 9 nitrogen and oxygen atoms in total. The Morgan fingerprint density at radius 2 is 1.98 bits per heavy atom. The number of H-pyrrole nitrogens is 1. The van der Waals surface area contributed by atoms with Crippen LogP contribution in [0.2, 0.25) is 0 Å². The van der Waals surface area contributed by atoms with Crippen LogP contribution in [-0.2, 0) is 11.2 Å². The quantitative estimate of drug-likeness (QED) is 0.147. The first-order valence-electron chi connectivity index (χ1n) is 15.0. The topological polar surface area (TPSA) is 136 Å². The van der Waals surface area contributed by atoms with Gasteiger partial charge in [-0.2, -0.15) is 4.98 Å². The number of aliphatic imine (C=N–C) groups is 1. The third-order valence-electron chi connectivity index (χ3n) is 8.30. The minimum absolute atomic E-state index is 0.00219. The zero-order chi connectivity index (χ0) is 31.4. The summed E-state index contributed by atoms with van der Waals surface area (Å²) in [5.41, 5.74) is 15.6. The minimum Gasteiger partial charge on any atom is -0.385 e. The van der Waals surface area contributed by atoms with E-state index in [1.54, 1.807) is 13.1 Å². The van der Waals surface area contributed by atoms with E-state index < -0.39 is 12.4 Å². The van der Waals surface area contributed by atoms with Crippen molar-refractivity contribution in [1.29, 1.82) is 0 Å². The molecular formula is C33H41F2N7O2. The Balaban J connectivity index is 1.35. The normalized spacial score (nSPS) is 17.8. The van der Waals surface area contributed by atoms with Gasteiger partial charge in [-0.25, -0.2) is 13.6 Å². The molecule has 0 amide bonds. The van der Waals surface area contributed by atoms with Crippen LogP contribution >= 0.6 is 0 Å². The van der Waals surface area contributed by atoms with Gasteiger partial charge in [0, 0.05) is 29.7 Å². The molecule has 2 aromatic carbocycles. The van der Waals surface area contributed by atoms with E-state index in [4.69, 9.17) is 16.2 Å². The van der Waals surface area contributed by atoms with Gasteiger partial charge in [0.1, 0.15) is 24.0 Å². The number of hydrogen-bond acceptors (Lipinski definition) is 6. The van der Waals surface area contributed by atoms with Crippen molar-refractivity contribution in [2.45, 2.75) is 52.1 Å². The van der Waals surface area contributed by atoms with Gasteiger partial charge in [0.2, 0.25) is 0 Å². The summed E-state index contributed by atoms with van der Waals surface area (Å²) in [6, 6.07) is 13.2. The Morgan fingerprint density at radius 1 is 1.20 bits per heavy atom. The number of fused-ring (bicyclic) bond motifs is 1. The fourth-order valence-electron chi connectivity index (χ4n) is 5.44. The predicted molar refractivity (Wildman–Crippen MR) is 171 cm³/mol. The summed E-state index contributed by atoms with van der Waals surface area (Å²) in [5, 5.41) is 4.25. The number of benzene rings is 2. The lowest BCUT2D eigenvalue weighted by atomic mass is 9.86. The second-order valence-corrected chi connectivity index (χ2v) is 12.4. The monoisotopic (exact) mass is 605 g/mol. The Labute approximate surface area is 255 Å². The van der Waals surface area contributed by atoms with E-state index in [2.05, 4.69) is 34.1 Å². The number of nitrogens with zero attached hydrogens (tertiary/aromatic N) is 3. The van der Waals surface area contributed by atoms with E-state index in [0.717, 1.165) is 24.0 Å². The molecule has 11 heteroatoms. The van der Waals surface area contributed by atoms with E-state index in [9.17, 15) is 9.18 Å². The summed E-state index contributed by atoms with van der Waals surface area (Å²) in [7, 11) is 0. The highest BCUT2D eigenvalue weighted by atomic mass is 19.1. The van der Waals surface area contributed by atoms with Crippen molar-refractivity contribution in [2.24, 2.45) is 21.9 Å². The van der Waals surface area contributed by atoms with Crippen molar-refractivity contribution in [2.75, 3.05) is 33.0 Å². The van der Waals surface area contributed by atoms with Crippen LogP contribution in [0.1, 0.15) is 49.4 Å². The number of rotatable bonds is 11. The molecule has 6 N–H and O–H groups in total. The van der Waals surface area contributed by atoms with Crippen molar-refractivity contribution in [1.82, 2.24) is 19.9 Å². The maximum absolute atomic E-state index is 15.3. The lowest BCUT2D eigenvalue weighted by Crippen LogP contribution is -2.44. The lowest BCUT2D eigenvalue weighted by molar-refractivity contribution is 0.0434. The Hall–Kier alpha value is -3.93. The summed E-state index contributed by atoms with van der Waals surface area (Å²) >= 11 is 0. The van der Waals surface area contributed by atoms with E-state index in [-0.39, 0.29) is 29.2 Å². The fourth-order valence-corrected chi connectivity index (χ4v) is 5.44. The number of halogens is 2. The first kappa shape index (κ1) is 31.5. The first-order valence-corrected chi connectivity index (χ1v) is 15.0. The summed E-state index contributed by atoms with van der Waals surface area (Å²) < 4.78 is 35.1. The van der Waals surface area contributed by atoms with Gasteiger partial charge in [-0.15, -0.1) is 0 Å². The molecule has 0 unspecified atom stereocenters. The van der Waals surface area contributed by atoms with E-state index in [0.29, 0.717) is 66.3 Å². The zero-order valence-corrected chi connectivity index (χ0v) is 25.5. The van der Waals surface area contributed by atoms with Crippen molar-refractivity contribution < 1.29 is 13.5 Å². The number of nitrogens with two attached hydrogens (primary N) is 2. The molecule has 44 heavy (non-hydrogen) atoms. The lowest BCUT2D eigenvalue weighted by Gasteiger charge is -2.31. The van der Waals surface area contributed by atoms with Gasteiger partial charge in [0.05, 0.1) is 30.6 Å². The molecule has 1 fully saturated rings. The molecule has 234 valence electrons. The van der Waals surface area contributed by atoms with Gasteiger partial charge >= 0.3 is 5.69 Å². The molecule has 0 saturated carbocycles. The highest BCUT2D eigenvalue weighted by Crippen LogP contribution is 2.30. The van der Waals surface area contributed by atoms with Crippen molar-refractivity contribution in [3.05, 3.63) is 81.7 Å². The number of morpholine rings is 1. The highest BCUT2D eigenvalue weighted by molar-refractivity contribution is 5.83. The minimum atomic E-state index is -0.749. The smallest absolute Gasteiger partial charge is 0.354 e. The number of aryl methyl sites for hydroxylation is 2. The second-order valence-electron chi connectivity index (χ2n) is 12.4. The zero-order valence-electron chi connectivity index (χ0n) is 25.5. The third kappa shape index (κ3) is 7.23. The largest absolute Gasteiger partial charge is 0.385 e. The molecule has 1 aliphatic heterocycles. The number of aromatic amines is 1. The molecule has 4 aromatic rings. The fraction of sp³-hybridized carbons (Fsp3) is 0.424. The third-order valence-corrected chi connectivity index (χ3v) is 8.30. The molecule has 2 aromatic heterocycles. The molecule has 3 heterocycles. The predicted octanol–water partition coefficient (Wildman–Crippen LogP) is 4.49. The Kier molecular flexibility index (Phi) is 9.57. The molecule has 0 radical (unpaired) electrons. The summed E-state index contributed by atoms with van der Waals surface area (Å²) in [4.78, 5) is 24.5. The van der Waals surface area contributed by atoms with Crippen LogP contribution in [0.4, 0.5) is 8.78 Å². The van der Waals surface area contributed by atoms with Crippen molar-refractivity contribution in [3.8, 4) is 16.9 Å². The Morgan fingerprint density at radius 3 is 2.70 bits per heavy atom. The van der Waals surface area contributed by atoms with Crippen LogP contribution in [0.25, 0.3) is 28.0 Å². The number of alkyl halides is 1. The molecular weight excluding hydrogens is 564 g/mol. The van der Waals surface area contributed by atoms with Crippen LogP contribution in [0.15, 0.2) is 58.4 Å². The Bertz CT molecular complexity index is 1700. The number of amidine groups is 1. The molecule has 5 rings (SSSR count). The van der Waals surface area contributed by atoms with Gasteiger partial charge in [0.15, 0.2) is 0 Å². The van der Waals surface area contributed by atoms with Crippen LogP contribution in [0.3, 0.4) is 0 Å². The maximum atomic E-state index is 15.3. The molecule has 0 bridgehead atoms. The van der Waals surface area contributed by atoms with E-state index >= 15 is 4.39 Å². The van der Waals surface area contributed by atoms with Crippen LogP contribution in [0.5, 0.6) is 0 Å². The molecule has 0 spiro atoms. The van der Waals surface area contributed by atoms with Crippen LogP contribution < -0.4 is 22.5 Å². The van der Waals surface area contributed by atoms with Crippen LogP contribution in [0, 0.1) is 18.2 Å². The van der Waals surface area contributed by atoms with Gasteiger partial charge in [-0.05, 0) is 79.1 Å². The maximum Gasteiger partial charge on any atom is 0.354 e. The number of hydrogen-bond donors (Lipinski definition) is 4. The van der Waals surface area contributed by atoms with Crippen molar-refractivity contribution >= 4 is 16.9 Å². The summed E-state index contributed by atoms with van der Waals surface area (Å²) in [5.74, 6) is -0.300. The average Bonchev–Trinajstić information content (AvgIpc) is 3.44. The highest BCUT2D eigenvalue weighted by Gasteiger charge is 2.23.